The maximum atomic E-state index is 16.1. The highest BCUT2D eigenvalue weighted by Crippen LogP contribution is 2.44. The minimum atomic E-state index is -2.83. The molecule has 1 saturated carbocycles. The molecule has 19 heteroatoms. The largest absolute Gasteiger partial charge is 0.385 e. The van der Waals surface area contributed by atoms with E-state index in [1.165, 1.54) is 4.90 Å². The van der Waals surface area contributed by atoms with Crippen LogP contribution in [0.1, 0.15) is 88.9 Å². The molecule has 0 unspecified atom stereocenters. The summed E-state index contributed by atoms with van der Waals surface area (Å²) in [5.41, 5.74) is 6.37. The van der Waals surface area contributed by atoms with Crippen molar-refractivity contribution in [1.29, 1.82) is 0 Å². The summed E-state index contributed by atoms with van der Waals surface area (Å²) in [7, 11) is 3.47. The summed E-state index contributed by atoms with van der Waals surface area (Å²) in [6.07, 6.45) is 8.13. The number of aryl methyl sites for hydroxylation is 1. The molecule has 1 spiro atoms. The second-order valence-corrected chi connectivity index (χ2v) is 20.1. The second-order valence-electron chi connectivity index (χ2n) is 19.7. The van der Waals surface area contributed by atoms with Crippen molar-refractivity contribution in [3.63, 3.8) is 0 Å². The topological polar surface area (TPSA) is 160 Å². The van der Waals surface area contributed by atoms with Crippen LogP contribution in [-0.4, -0.2) is 144 Å². The first-order valence-electron chi connectivity index (χ1n) is 24.0. The fraction of sp³-hybridized carbons (Fsp3) is 0.551. The number of rotatable bonds is 11. The highest BCUT2D eigenvalue weighted by Gasteiger charge is 2.47. The molecule has 16 nitrogen and oxygen atoms in total. The normalized spacial score (nSPS) is 24.0. The molecule has 0 radical (unpaired) electrons. The molecule has 1 aliphatic carbocycles. The number of hydrogen-bond donors (Lipinski definition) is 3. The number of carbonyl (C=O) groups excluding carboxylic acids is 4. The van der Waals surface area contributed by atoms with Gasteiger partial charge >= 0.3 is 6.03 Å². The Morgan fingerprint density at radius 1 is 0.926 bits per heavy atom. The zero-order valence-electron chi connectivity index (χ0n) is 39.0. The molecule has 4 saturated heterocycles. The summed E-state index contributed by atoms with van der Waals surface area (Å²) < 4.78 is 39.3. The summed E-state index contributed by atoms with van der Waals surface area (Å²) in [6, 6.07) is 10.8. The Morgan fingerprint density at radius 2 is 1.69 bits per heavy atom. The molecule has 68 heavy (non-hydrogen) atoms. The van der Waals surface area contributed by atoms with Gasteiger partial charge in [-0.05, 0) is 118 Å². The molecule has 5 fully saturated rings. The van der Waals surface area contributed by atoms with Gasteiger partial charge in [-0.15, -0.1) is 5.10 Å². The van der Waals surface area contributed by atoms with Gasteiger partial charge in [0.1, 0.15) is 0 Å². The number of benzene rings is 2. The van der Waals surface area contributed by atoms with Crippen LogP contribution in [0.15, 0.2) is 42.6 Å². The first-order chi connectivity index (χ1) is 32.7. The van der Waals surface area contributed by atoms with Crippen molar-refractivity contribution < 1.29 is 32.7 Å². The summed E-state index contributed by atoms with van der Waals surface area (Å²) in [4.78, 5) is 65.6. The third-order valence-electron chi connectivity index (χ3n) is 15.7. The first-order valence-corrected chi connectivity index (χ1v) is 24.4. The smallest absolute Gasteiger partial charge is 0.328 e. The molecule has 5 aliphatic heterocycles. The molecular weight excluding hydrogens is 896 g/mol. The molecule has 2 aromatic heterocycles. The minimum Gasteiger partial charge on any atom is -0.385 e. The molecule has 7 heterocycles. The van der Waals surface area contributed by atoms with E-state index in [1.54, 1.807) is 36.9 Å². The van der Waals surface area contributed by atoms with Crippen LogP contribution in [-0.2, 0) is 22.5 Å². The lowest BCUT2D eigenvalue weighted by Gasteiger charge is -2.48. The van der Waals surface area contributed by atoms with Crippen LogP contribution in [0.5, 0.6) is 0 Å². The SMILES string of the molecule is CNc1cc(N2CCc3c(CN4CC[C@H](CN5CCC6(CC5)CCN(C(=O)c5cc(C)c(Cl)c(N7CCC(=O)NC7=O)c5)CC6)C(F)(F)C4)cccc32)nn2c(C(=O)N[C@@H]3CC[C@H]3OC)cnc12. The molecule has 6 aliphatic rings. The number of imide groups is 1. The molecule has 3 atom stereocenters. The molecule has 362 valence electrons. The predicted molar refractivity (Wildman–Crippen MR) is 254 cm³/mol. The van der Waals surface area contributed by atoms with Gasteiger partial charge in [-0.2, -0.15) is 0 Å². The van der Waals surface area contributed by atoms with Gasteiger partial charge in [-0.1, -0.05) is 23.7 Å². The monoisotopic (exact) mass is 955 g/mol. The Morgan fingerprint density at radius 3 is 2.40 bits per heavy atom. The van der Waals surface area contributed by atoms with Crippen molar-refractivity contribution in [2.45, 2.75) is 89.3 Å². The lowest BCUT2D eigenvalue weighted by Crippen LogP contribution is -2.53. The number of nitrogens with one attached hydrogen (secondary N) is 3. The number of halogens is 3. The van der Waals surface area contributed by atoms with E-state index in [9.17, 15) is 19.2 Å². The number of methoxy groups -OCH3 is 1. The van der Waals surface area contributed by atoms with Crippen LogP contribution in [0.2, 0.25) is 5.02 Å². The van der Waals surface area contributed by atoms with Crippen LogP contribution >= 0.6 is 11.6 Å². The van der Waals surface area contributed by atoms with Crippen LogP contribution in [0.25, 0.3) is 5.65 Å². The van der Waals surface area contributed by atoms with Crippen LogP contribution in [0.4, 0.5) is 36.5 Å². The van der Waals surface area contributed by atoms with Gasteiger partial charge in [0.2, 0.25) is 5.91 Å². The van der Waals surface area contributed by atoms with Crippen LogP contribution in [0.3, 0.4) is 0 Å². The number of alkyl halides is 2. The molecule has 3 N–H and O–H groups in total. The Kier molecular flexibility index (Phi) is 12.6. The van der Waals surface area contributed by atoms with E-state index in [0.29, 0.717) is 84.7 Å². The van der Waals surface area contributed by atoms with E-state index < -0.39 is 17.9 Å². The van der Waals surface area contributed by atoms with Crippen molar-refractivity contribution in [2.24, 2.45) is 11.3 Å². The van der Waals surface area contributed by atoms with E-state index in [4.69, 9.17) is 21.4 Å². The maximum absolute atomic E-state index is 16.1. The summed E-state index contributed by atoms with van der Waals surface area (Å²) in [5, 5.41) is 13.9. The first kappa shape index (κ1) is 46.3. The van der Waals surface area contributed by atoms with Gasteiger partial charge in [0.25, 0.3) is 17.7 Å². The number of amides is 5. The minimum absolute atomic E-state index is 0.00531. The van der Waals surface area contributed by atoms with E-state index in [-0.39, 0.29) is 54.8 Å². The number of likely N-dealkylation sites (tertiary alicyclic amines) is 3. The Hall–Kier alpha value is -5.43. The number of fused-ring (bicyclic) bond motifs is 2. The van der Waals surface area contributed by atoms with Gasteiger partial charge in [-0.3, -0.25) is 29.5 Å². The summed E-state index contributed by atoms with van der Waals surface area (Å²) in [6.45, 7) is 6.48. The second kappa shape index (κ2) is 18.5. The molecule has 2 aromatic carbocycles. The average Bonchev–Trinajstić information content (AvgIpc) is 3.96. The number of urea groups is 1. The third-order valence-corrected chi connectivity index (χ3v) is 16.2. The third kappa shape index (κ3) is 8.77. The molecule has 4 aromatic rings. The van der Waals surface area contributed by atoms with E-state index in [0.717, 1.165) is 80.5 Å². The lowest BCUT2D eigenvalue weighted by molar-refractivity contribution is -0.123. The van der Waals surface area contributed by atoms with Crippen LogP contribution in [0, 0.1) is 18.3 Å². The zero-order valence-corrected chi connectivity index (χ0v) is 39.7. The summed E-state index contributed by atoms with van der Waals surface area (Å²) >= 11 is 6.60. The van der Waals surface area contributed by atoms with Crippen molar-refractivity contribution in [3.05, 3.63) is 75.6 Å². The number of carbonyl (C=O) groups is 4. The summed E-state index contributed by atoms with van der Waals surface area (Å²) in [5.74, 6) is -3.62. The molecule has 0 bridgehead atoms. The zero-order chi connectivity index (χ0) is 47.5. The molecule has 5 amide bonds. The number of hydrogen-bond acceptors (Lipinski definition) is 11. The van der Waals surface area contributed by atoms with E-state index in [1.807, 2.05) is 29.0 Å². The Balaban J connectivity index is 0.729. The molecular formula is C49H60ClF2N11O5. The van der Waals surface area contributed by atoms with Gasteiger partial charge < -0.3 is 30.1 Å². The van der Waals surface area contributed by atoms with Gasteiger partial charge in [0.05, 0.1) is 41.3 Å². The van der Waals surface area contributed by atoms with E-state index >= 15 is 8.78 Å². The van der Waals surface area contributed by atoms with Crippen LogP contribution < -0.4 is 25.8 Å². The number of anilines is 4. The van der Waals surface area contributed by atoms with Gasteiger partial charge in [0.15, 0.2) is 17.2 Å². The fourth-order valence-corrected chi connectivity index (χ4v) is 11.6. The molecule has 10 rings (SSSR count). The standard InChI is InChI=1S/C49H60ClF2N11O5/c1-30-23-32(24-38(43(30)50)62-18-11-42(64)56-47(62)67)46(66)60-21-14-48(15-22-60)12-19-58(20-13-48)28-33-9-16-59(29-49(33,51)52)27-31-5-4-6-37-34(31)10-17-61(37)41-25-36(53-2)44-54-26-39(63(44)57-41)45(65)55-35-7-8-40(35)68-3/h4-6,23-26,33,35,40,53H,7-22,27-29H2,1-3H3,(H,55,65)(H,56,64,67)/t33-,35-,40-/m1/s1. The Labute approximate surface area is 399 Å². The van der Waals surface area contributed by atoms with Crippen molar-refractivity contribution in [3.8, 4) is 0 Å². The van der Waals surface area contributed by atoms with Gasteiger partial charge in [-0.25, -0.2) is 23.1 Å². The number of ether oxygens (including phenoxy) is 1. The van der Waals surface area contributed by atoms with E-state index in [2.05, 4.69) is 42.9 Å². The Bertz CT molecular complexity index is 2630. The van der Waals surface area contributed by atoms with Crippen molar-refractivity contribution >= 4 is 63.9 Å². The predicted octanol–water partition coefficient (Wildman–Crippen LogP) is 6.26. The van der Waals surface area contributed by atoms with Crippen molar-refractivity contribution in [2.75, 3.05) is 88.2 Å². The highest BCUT2D eigenvalue weighted by molar-refractivity contribution is 6.35. The average molecular weight is 957 g/mol. The fourth-order valence-electron chi connectivity index (χ4n) is 11.4. The maximum Gasteiger partial charge on any atom is 0.328 e. The quantitative estimate of drug-likeness (QED) is 0.156. The number of piperidine rings is 3. The lowest BCUT2D eigenvalue weighted by atomic mass is 9.71. The highest BCUT2D eigenvalue weighted by atomic mass is 35.5. The number of imidazole rings is 1. The van der Waals surface area contributed by atoms with Crippen molar-refractivity contribution in [1.82, 2.24) is 39.9 Å². The number of aromatic nitrogens is 3. The van der Waals surface area contributed by atoms with Gasteiger partial charge in [0, 0.05) is 83.1 Å². The number of nitrogens with zero attached hydrogens (tertiary/aromatic N) is 8.